The molecule has 0 amide bonds. The Morgan fingerprint density at radius 2 is 1.65 bits per heavy atom. The van der Waals surface area contributed by atoms with Gasteiger partial charge in [-0.25, -0.2) is 4.83 Å². The summed E-state index contributed by atoms with van der Waals surface area (Å²) in [5.74, 6) is 0. The molecule has 31 heavy (non-hydrogen) atoms. The van der Waals surface area contributed by atoms with E-state index in [1.807, 2.05) is 13.8 Å². The molecule has 0 radical (unpaired) electrons. The summed E-state index contributed by atoms with van der Waals surface area (Å²) in [5.41, 5.74) is 1.65. The standard InChI is InChI=1S/C22H36N2O5SSi/c1-15-9-11-17(12-10-15)30(25,26)24-23-18-13-16(2)28-19-14-27-31(21(3,4)5,22(6,7)8)29-20(18)19/h9-12,16,19-20,24H,13-14H2,1-8H3/b23-18+/t16-,19-,20+/m1/s1. The summed E-state index contributed by atoms with van der Waals surface area (Å²) in [4.78, 5) is 2.60. The number of hydrazone groups is 1. The van der Waals surface area contributed by atoms with Gasteiger partial charge in [-0.15, -0.1) is 0 Å². The van der Waals surface area contributed by atoms with Crippen molar-refractivity contribution in [2.24, 2.45) is 5.10 Å². The predicted octanol–water partition coefficient (Wildman–Crippen LogP) is 4.26. The Hall–Kier alpha value is -1.26. The Morgan fingerprint density at radius 1 is 1.06 bits per heavy atom. The molecule has 1 aromatic rings. The van der Waals surface area contributed by atoms with Gasteiger partial charge in [0.25, 0.3) is 10.0 Å². The van der Waals surface area contributed by atoms with Crippen molar-refractivity contribution in [2.75, 3.05) is 6.61 Å². The second-order valence-corrected chi connectivity index (χ2v) is 17.1. The SMILES string of the molecule is Cc1ccc(S(=O)(=O)N/N=C2\C[C@@H](C)O[C@@H]3CO[Si](C(C)(C)C)(C(C)(C)C)O[C@@H]23)cc1. The van der Waals surface area contributed by atoms with E-state index in [0.717, 1.165) is 5.56 Å². The van der Waals surface area contributed by atoms with Crippen LogP contribution in [0.3, 0.4) is 0 Å². The van der Waals surface area contributed by atoms with Gasteiger partial charge in [-0.2, -0.15) is 13.5 Å². The fourth-order valence-electron chi connectivity index (χ4n) is 4.64. The molecule has 0 unspecified atom stereocenters. The van der Waals surface area contributed by atoms with Crippen LogP contribution in [-0.4, -0.2) is 47.6 Å². The van der Waals surface area contributed by atoms with Crippen LogP contribution < -0.4 is 4.83 Å². The molecule has 2 fully saturated rings. The monoisotopic (exact) mass is 468 g/mol. The van der Waals surface area contributed by atoms with E-state index < -0.39 is 24.7 Å². The molecule has 2 aliphatic heterocycles. The summed E-state index contributed by atoms with van der Waals surface area (Å²) in [6, 6.07) is 6.69. The smallest absolute Gasteiger partial charge is 0.350 e. The van der Waals surface area contributed by atoms with Crippen molar-refractivity contribution in [1.29, 1.82) is 0 Å². The number of sulfonamides is 1. The summed E-state index contributed by atoms with van der Waals surface area (Å²) in [5, 5.41) is 3.98. The van der Waals surface area contributed by atoms with Crippen molar-refractivity contribution in [3.05, 3.63) is 29.8 Å². The lowest BCUT2D eigenvalue weighted by atomic mass is 10.00. The molecule has 2 heterocycles. The Balaban J connectivity index is 1.93. The van der Waals surface area contributed by atoms with Crippen molar-refractivity contribution in [3.63, 3.8) is 0 Å². The maximum absolute atomic E-state index is 12.8. The zero-order chi connectivity index (χ0) is 23.2. The highest BCUT2D eigenvalue weighted by molar-refractivity contribution is 7.89. The lowest BCUT2D eigenvalue weighted by Crippen LogP contribution is -2.68. The molecule has 7 nitrogen and oxygen atoms in total. The van der Waals surface area contributed by atoms with Gasteiger partial charge >= 0.3 is 8.56 Å². The quantitative estimate of drug-likeness (QED) is 0.529. The first-order valence-corrected chi connectivity index (χ1v) is 14.1. The van der Waals surface area contributed by atoms with Crippen LogP contribution in [0.2, 0.25) is 10.1 Å². The topological polar surface area (TPSA) is 86.2 Å². The molecular formula is C22H36N2O5SSi. The highest BCUT2D eigenvalue weighted by Crippen LogP contribution is 2.54. The number of aryl methyl sites for hydroxylation is 1. The Morgan fingerprint density at radius 3 is 2.19 bits per heavy atom. The van der Waals surface area contributed by atoms with Crippen LogP contribution in [0.5, 0.6) is 0 Å². The van der Waals surface area contributed by atoms with E-state index >= 15 is 0 Å². The summed E-state index contributed by atoms with van der Waals surface area (Å²) in [7, 11) is -6.51. The largest absolute Gasteiger partial charge is 0.391 e. The van der Waals surface area contributed by atoms with Gasteiger partial charge in [-0.05, 0) is 26.0 Å². The predicted molar refractivity (Wildman–Crippen MR) is 124 cm³/mol. The third-order valence-electron chi connectivity index (χ3n) is 5.93. The third-order valence-corrected chi connectivity index (χ3v) is 12.3. The number of benzene rings is 1. The highest BCUT2D eigenvalue weighted by atomic mass is 32.2. The molecule has 3 rings (SSSR count). The maximum Gasteiger partial charge on any atom is 0.350 e. The fourth-order valence-corrected chi connectivity index (χ4v) is 10.4. The van der Waals surface area contributed by atoms with Gasteiger partial charge in [0.15, 0.2) is 0 Å². The second kappa shape index (κ2) is 8.26. The number of hydrogen-bond donors (Lipinski definition) is 1. The summed E-state index contributed by atoms with van der Waals surface area (Å²) in [6.07, 6.45) is -0.349. The van der Waals surface area contributed by atoms with Crippen molar-refractivity contribution in [3.8, 4) is 0 Å². The van der Waals surface area contributed by atoms with E-state index in [1.165, 1.54) is 0 Å². The number of hydrogen-bond acceptors (Lipinski definition) is 6. The summed E-state index contributed by atoms with van der Waals surface area (Å²) < 4.78 is 44.9. The minimum absolute atomic E-state index is 0.102. The highest BCUT2D eigenvalue weighted by Gasteiger charge is 2.63. The average molecular weight is 469 g/mol. The summed E-state index contributed by atoms with van der Waals surface area (Å²) >= 11 is 0. The molecule has 0 saturated carbocycles. The lowest BCUT2D eigenvalue weighted by molar-refractivity contribution is -0.119. The van der Waals surface area contributed by atoms with Crippen LogP contribution >= 0.6 is 0 Å². The molecule has 3 atom stereocenters. The minimum atomic E-state index is -3.77. The molecule has 1 N–H and O–H groups in total. The number of ether oxygens (including phenoxy) is 1. The van der Waals surface area contributed by atoms with Gasteiger partial charge in [0.05, 0.1) is 23.3 Å². The van der Waals surface area contributed by atoms with E-state index in [9.17, 15) is 8.42 Å². The van der Waals surface area contributed by atoms with E-state index in [1.54, 1.807) is 24.3 Å². The normalized spacial score (nSPS) is 28.3. The molecule has 0 spiro atoms. The average Bonchev–Trinajstić information content (AvgIpc) is 2.64. The molecule has 0 aromatic heterocycles. The van der Waals surface area contributed by atoms with Gasteiger partial charge in [0.2, 0.25) is 0 Å². The Kier molecular flexibility index (Phi) is 6.50. The van der Waals surface area contributed by atoms with Gasteiger partial charge in [-0.1, -0.05) is 59.2 Å². The van der Waals surface area contributed by atoms with Gasteiger partial charge in [0.1, 0.15) is 12.2 Å². The van der Waals surface area contributed by atoms with E-state index in [4.69, 9.17) is 13.6 Å². The molecule has 1 aromatic carbocycles. The molecule has 174 valence electrons. The number of nitrogens with zero attached hydrogens (tertiary/aromatic N) is 1. The molecule has 9 heteroatoms. The van der Waals surface area contributed by atoms with Gasteiger partial charge in [0, 0.05) is 16.5 Å². The molecular weight excluding hydrogens is 432 g/mol. The van der Waals surface area contributed by atoms with E-state index in [2.05, 4.69) is 51.5 Å². The van der Waals surface area contributed by atoms with Gasteiger partial charge in [-0.3, -0.25) is 0 Å². The minimum Gasteiger partial charge on any atom is -0.391 e. The molecule has 0 bridgehead atoms. The van der Waals surface area contributed by atoms with Crippen LogP contribution in [-0.2, 0) is 23.6 Å². The van der Waals surface area contributed by atoms with Crippen LogP contribution in [0.25, 0.3) is 0 Å². The van der Waals surface area contributed by atoms with Crippen LogP contribution in [0.15, 0.2) is 34.3 Å². The fraction of sp³-hybridized carbons (Fsp3) is 0.682. The van der Waals surface area contributed by atoms with Crippen LogP contribution in [0.4, 0.5) is 0 Å². The Bertz CT molecular complexity index is 918. The first kappa shape index (κ1) is 24.4. The summed E-state index contributed by atoms with van der Waals surface area (Å²) in [6.45, 7) is 17.2. The number of nitrogens with one attached hydrogen (secondary N) is 1. The lowest BCUT2D eigenvalue weighted by Gasteiger charge is -2.55. The van der Waals surface area contributed by atoms with Crippen molar-refractivity contribution >= 4 is 24.3 Å². The van der Waals surface area contributed by atoms with E-state index in [0.29, 0.717) is 18.7 Å². The maximum atomic E-state index is 12.8. The Labute approximate surface area is 187 Å². The zero-order valence-electron chi connectivity index (χ0n) is 19.9. The number of rotatable bonds is 3. The first-order chi connectivity index (χ1) is 14.2. The van der Waals surface area contributed by atoms with Crippen molar-refractivity contribution in [2.45, 2.75) is 95.1 Å². The van der Waals surface area contributed by atoms with E-state index in [-0.39, 0.29) is 27.2 Å². The van der Waals surface area contributed by atoms with Crippen molar-refractivity contribution in [1.82, 2.24) is 4.83 Å². The van der Waals surface area contributed by atoms with Crippen LogP contribution in [0.1, 0.15) is 60.5 Å². The third kappa shape index (κ3) is 4.75. The van der Waals surface area contributed by atoms with Crippen molar-refractivity contribution < 1.29 is 22.0 Å². The molecule has 2 saturated heterocycles. The molecule has 0 aliphatic carbocycles. The van der Waals surface area contributed by atoms with Gasteiger partial charge < -0.3 is 13.6 Å². The molecule has 2 aliphatic rings. The zero-order valence-corrected chi connectivity index (χ0v) is 21.7. The number of fused-ring (bicyclic) bond motifs is 1. The first-order valence-electron chi connectivity index (χ1n) is 10.8. The van der Waals surface area contributed by atoms with Crippen LogP contribution in [0, 0.1) is 6.92 Å². The second-order valence-electron chi connectivity index (χ2n) is 10.7.